The number of hydrogen-bond acceptors (Lipinski definition) is 12. The minimum absolute atomic E-state index is 0.0415. The van der Waals surface area contributed by atoms with Crippen molar-refractivity contribution in [3.05, 3.63) is 109 Å². The Bertz CT molecular complexity index is 2340. The first kappa shape index (κ1) is 33.7. The fourth-order valence-corrected chi connectivity index (χ4v) is 8.53. The predicted octanol–water partition coefficient (Wildman–Crippen LogP) is 4.21. The van der Waals surface area contributed by atoms with Gasteiger partial charge in [0.25, 0.3) is 0 Å². The molecule has 2 aliphatic heterocycles. The molecule has 2 aliphatic carbocycles. The van der Waals surface area contributed by atoms with Gasteiger partial charge in [0.2, 0.25) is 0 Å². The van der Waals surface area contributed by atoms with Crippen molar-refractivity contribution in [3.8, 4) is 11.5 Å². The number of phenolic OH excluding ortho intramolecular Hbond substituents is 1. The molecule has 0 spiro atoms. The van der Waals surface area contributed by atoms with Crippen molar-refractivity contribution >= 4 is 34.1 Å². The molecule has 0 saturated carbocycles. The number of rotatable bonds is 6. The molecule has 268 valence electrons. The average Bonchev–Trinajstić information content (AvgIpc) is 3.43. The summed E-state index contributed by atoms with van der Waals surface area (Å²) >= 11 is 0. The summed E-state index contributed by atoms with van der Waals surface area (Å²) in [6.45, 7) is 6.17. The van der Waals surface area contributed by atoms with E-state index in [0.29, 0.717) is 66.4 Å². The lowest BCUT2D eigenvalue weighted by molar-refractivity contribution is -0.162. The van der Waals surface area contributed by atoms with Crippen LogP contribution < -0.4 is 26.9 Å². The fourth-order valence-electron chi connectivity index (χ4n) is 8.53. The molecular weight excluding hydrogens is 662 g/mol. The van der Waals surface area contributed by atoms with Crippen LogP contribution in [0.3, 0.4) is 0 Å². The molecule has 0 fully saturated rings. The van der Waals surface area contributed by atoms with Crippen LogP contribution in [0.1, 0.15) is 66.3 Å². The molecule has 52 heavy (non-hydrogen) atoms. The molecule has 4 aliphatic rings. The van der Waals surface area contributed by atoms with Crippen LogP contribution in [0.4, 0.5) is 11.6 Å². The van der Waals surface area contributed by atoms with Gasteiger partial charge in [0.1, 0.15) is 52.6 Å². The summed E-state index contributed by atoms with van der Waals surface area (Å²) in [5.41, 5.74) is 19.4. The maximum atomic E-state index is 14.0. The first-order valence-electron chi connectivity index (χ1n) is 17.7. The highest BCUT2D eigenvalue weighted by Gasteiger charge is 2.54. The van der Waals surface area contributed by atoms with Crippen LogP contribution in [0.5, 0.6) is 11.5 Å². The number of esters is 1. The number of hydrogen-bond donors (Lipinski definition) is 5. The average molecular weight is 704 g/mol. The van der Waals surface area contributed by atoms with Crippen molar-refractivity contribution in [2.45, 2.75) is 71.2 Å². The third-order valence-electron chi connectivity index (χ3n) is 11.2. The van der Waals surface area contributed by atoms with Crippen LogP contribution in [0, 0.1) is 5.92 Å². The van der Waals surface area contributed by atoms with Crippen LogP contribution in [-0.4, -0.2) is 50.9 Å². The summed E-state index contributed by atoms with van der Waals surface area (Å²) in [6, 6.07) is 4.99. The standard InChI is InChI=1S/C40H41N5O7/c1-4-19(16-43-5-2)39(49)51-30-15-26-35(48)34-29(47)14-24(18-46)50-37(34)27-11-21-8-9-44-38(42)33(21)25-7-6-20-10-22-13-31(41)45-17-23(22)12-28(32(20)25)40(30,3)52-36(26)27/h4,7-9,13-14,17,28,30,43,46,48H,5-6,10-12,15-16,18H2,1-3H3,(H2,41,45)(H2,42,44). The molecule has 12 heteroatoms. The zero-order valence-electron chi connectivity index (χ0n) is 29.3. The molecule has 4 aromatic rings. The molecule has 1 aromatic carbocycles. The number of fused-ring (bicyclic) bond motifs is 7. The van der Waals surface area contributed by atoms with Gasteiger partial charge in [0.05, 0.1) is 0 Å². The lowest BCUT2D eigenvalue weighted by atomic mass is 9.69. The Balaban J connectivity index is 1.44. The molecular formula is C40H41N5O7. The summed E-state index contributed by atoms with van der Waals surface area (Å²) in [4.78, 5) is 36.6. The van der Waals surface area contributed by atoms with Gasteiger partial charge in [-0.15, -0.1) is 0 Å². The number of carbonyl (C=O) groups is 1. The minimum Gasteiger partial charge on any atom is -0.507 e. The Morgan fingerprint density at radius 3 is 2.75 bits per heavy atom. The Morgan fingerprint density at radius 2 is 1.98 bits per heavy atom. The summed E-state index contributed by atoms with van der Waals surface area (Å²) in [7, 11) is 0. The summed E-state index contributed by atoms with van der Waals surface area (Å²) in [5, 5.41) is 25.1. The van der Waals surface area contributed by atoms with Crippen molar-refractivity contribution < 1.29 is 28.9 Å². The Hall–Kier alpha value is -5.46. The van der Waals surface area contributed by atoms with Gasteiger partial charge in [0.15, 0.2) is 11.0 Å². The van der Waals surface area contributed by atoms with E-state index in [0.717, 1.165) is 33.4 Å². The second kappa shape index (κ2) is 12.6. The molecule has 8 rings (SSSR count). The van der Waals surface area contributed by atoms with Crippen molar-refractivity contribution in [3.63, 3.8) is 0 Å². The van der Waals surface area contributed by atoms with Gasteiger partial charge < -0.3 is 40.9 Å². The highest BCUT2D eigenvalue weighted by Crippen LogP contribution is 2.56. The molecule has 3 unspecified atom stereocenters. The zero-order valence-corrected chi connectivity index (χ0v) is 29.3. The first-order chi connectivity index (χ1) is 25.1. The van der Waals surface area contributed by atoms with Crippen molar-refractivity contribution in [1.29, 1.82) is 0 Å². The number of aliphatic hydroxyl groups is 1. The van der Waals surface area contributed by atoms with E-state index in [1.807, 2.05) is 32.2 Å². The van der Waals surface area contributed by atoms with Crippen LogP contribution >= 0.6 is 0 Å². The smallest absolute Gasteiger partial charge is 0.335 e. The summed E-state index contributed by atoms with van der Waals surface area (Å²) in [6.07, 6.45) is 8.47. The Morgan fingerprint density at radius 1 is 1.15 bits per heavy atom. The number of nitrogens with one attached hydrogen (secondary N) is 1. The van der Waals surface area contributed by atoms with Gasteiger partial charge in [-0.3, -0.25) is 4.79 Å². The number of anilines is 2. The molecule has 3 atom stereocenters. The molecule has 7 N–H and O–H groups in total. The normalized spacial score (nSPS) is 21.8. The van der Waals surface area contributed by atoms with E-state index in [4.69, 9.17) is 25.4 Å². The van der Waals surface area contributed by atoms with Gasteiger partial charge in [-0.05, 0) is 79.6 Å². The van der Waals surface area contributed by atoms with Crippen molar-refractivity contribution in [2.75, 3.05) is 24.6 Å². The third-order valence-corrected chi connectivity index (χ3v) is 11.2. The highest BCUT2D eigenvalue weighted by atomic mass is 16.6. The number of allylic oxidation sites excluding steroid dienone is 4. The van der Waals surface area contributed by atoms with Crippen LogP contribution in [0.25, 0.3) is 16.5 Å². The van der Waals surface area contributed by atoms with E-state index in [-0.39, 0.29) is 35.3 Å². The number of aromatic nitrogens is 2. The number of phenols is 1. The number of aliphatic hydroxyl groups excluding tert-OH is 1. The van der Waals surface area contributed by atoms with E-state index in [1.54, 1.807) is 19.2 Å². The third kappa shape index (κ3) is 5.19. The maximum absolute atomic E-state index is 14.0. The van der Waals surface area contributed by atoms with Gasteiger partial charge in [-0.1, -0.05) is 24.6 Å². The van der Waals surface area contributed by atoms with Crippen molar-refractivity contribution in [1.82, 2.24) is 15.3 Å². The number of likely N-dealkylation sites (N-methyl/N-ethyl adjacent to an activating group) is 1. The van der Waals surface area contributed by atoms with Crippen LogP contribution in [0.15, 0.2) is 68.7 Å². The topological polar surface area (TPSA) is 196 Å². The number of pyridine rings is 2. The van der Waals surface area contributed by atoms with E-state index in [9.17, 15) is 19.8 Å². The molecule has 0 amide bonds. The second-order valence-electron chi connectivity index (χ2n) is 14.1. The number of aromatic hydroxyl groups is 1. The quantitative estimate of drug-likeness (QED) is 0.142. The zero-order chi connectivity index (χ0) is 36.5. The summed E-state index contributed by atoms with van der Waals surface area (Å²) < 4.78 is 19.9. The molecule has 0 saturated heterocycles. The van der Waals surface area contributed by atoms with Gasteiger partial charge in [-0.25, -0.2) is 14.8 Å². The number of ether oxygens (including phenoxy) is 2. The molecule has 5 heterocycles. The Labute approximate surface area is 299 Å². The van der Waals surface area contributed by atoms with Gasteiger partial charge >= 0.3 is 5.97 Å². The number of benzene rings is 1. The monoisotopic (exact) mass is 703 g/mol. The minimum atomic E-state index is -1.23. The van der Waals surface area contributed by atoms with Gasteiger partial charge in [-0.2, -0.15) is 0 Å². The first-order valence-corrected chi connectivity index (χ1v) is 17.7. The van der Waals surface area contributed by atoms with Gasteiger partial charge in [0, 0.05) is 66.0 Å². The van der Waals surface area contributed by atoms with Crippen LogP contribution in [-0.2, 0) is 41.8 Å². The number of nitrogens with two attached hydrogens (primary N) is 2. The molecule has 2 bridgehead atoms. The number of carbonyl (C=O) groups excluding carboxylic acids is 1. The molecule has 0 radical (unpaired) electrons. The Kier molecular flexibility index (Phi) is 8.19. The molecule has 3 aromatic heterocycles. The fraction of sp³-hybridized carbons (Fsp3) is 0.350. The lowest BCUT2D eigenvalue weighted by Gasteiger charge is -2.48. The highest BCUT2D eigenvalue weighted by molar-refractivity contribution is 5.94. The maximum Gasteiger partial charge on any atom is 0.335 e. The predicted molar refractivity (Wildman–Crippen MR) is 196 cm³/mol. The number of nitrogen functional groups attached to an aromatic ring is 2. The second-order valence-corrected chi connectivity index (χ2v) is 14.1. The van der Waals surface area contributed by atoms with E-state index >= 15 is 0 Å². The molecule has 12 nitrogen and oxygen atoms in total. The lowest BCUT2D eigenvalue weighted by Crippen LogP contribution is -2.57. The van der Waals surface area contributed by atoms with E-state index in [1.165, 1.54) is 11.6 Å². The number of nitrogens with zero attached hydrogens (tertiary/aromatic N) is 2. The van der Waals surface area contributed by atoms with E-state index in [2.05, 4.69) is 21.4 Å². The summed E-state index contributed by atoms with van der Waals surface area (Å²) in [5.74, 6) is -0.0773. The van der Waals surface area contributed by atoms with Crippen LogP contribution in [0.2, 0.25) is 0 Å². The largest absolute Gasteiger partial charge is 0.507 e. The van der Waals surface area contributed by atoms with E-state index < -0.39 is 35.6 Å². The SMILES string of the molecule is CC=C(CNCC)C(=O)OC1Cc2c3c(c4oc(CO)cc(=O)c4c2O)Cc2ccnc(N)c2C2=CCC4=C2C(Cc2cnc(N)cc2C4)C1(C)O3. The van der Waals surface area contributed by atoms with Crippen molar-refractivity contribution in [2.24, 2.45) is 5.92 Å².